The second-order valence-corrected chi connectivity index (χ2v) is 7.50. The third kappa shape index (κ3) is 27.1. The molecular formula is C18H33GeN3O6-6. The minimum atomic E-state index is -1.27. The summed E-state index contributed by atoms with van der Waals surface area (Å²) in [5.74, 6) is -3.06. The third-order valence-corrected chi connectivity index (χ3v) is 2.97. The predicted octanol–water partition coefficient (Wildman–Crippen LogP) is 0.229. The van der Waals surface area contributed by atoms with E-state index in [0.717, 1.165) is 0 Å². The van der Waals surface area contributed by atoms with Crippen molar-refractivity contribution in [3.05, 3.63) is 17.2 Å². The molecule has 0 saturated heterocycles. The predicted molar refractivity (Wildman–Crippen MR) is 103 cm³/mol. The summed E-state index contributed by atoms with van der Waals surface area (Å²) in [7, 11) is 0. The Kier molecular flexibility index (Phi) is 23.5. The zero-order chi connectivity index (χ0) is 22.3. The van der Waals surface area contributed by atoms with Crippen molar-refractivity contribution in [2.75, 3.05) is 0 Å². The first-order valence-corrected chi connectivity index (χ1v) is 8.87. The molecule has 10 heteroatoms. The van der Waals surface area contributed by atoms with Gasteiger partial charge in [0.1, 0.15) is 0 Å². The Bertz CT molecular complexity index is 372. The fourth-order valence-corrected chi connectivity index (χ4v) is 1.70. The largest absolute Gasteiger partial charge is 0.670 e. The summed E-state index contributed by atoms with van der Waals surface area (Å²) in [5.41, 5.74) is 20.7. The molecule has 0 heterocycles. The molecule has 0 aliphatic carbocycles. The van der Waals surface area contributed by atoms with Gasteiger partial charge in [-0.25, -0.2) is 0 Å². The maximum absolute atomic E-state index is 9.94. The summed E-state index contributed by atoms with van der Waals surface area (Å²) in [4.78, 5) is 29.8. The van der Waals surface area contributed by atoms with Gasteiger partial charge in [-0.15, -0.1) is 0 Å². The van der Waals surface area contributed by atoms with Crippen LogP contribution in [0.3, 0.4) is 0 Å². The molecule has 3 atom stereocenters. The molecule has 0 aliphatic rings. The number of carbonyl (C=O) groups is 3. The SMILES string of the molecule is CC(C)CC([NH-])C(=O)[O-].CC(C)CC([NH-])C(=O)[O-].CC(C)CC([NH-])C(=O)[O-].[Ge]. The van der Waals surface area contributed by atoms with Gasteiger partial charge in [0.05, 0.1) is 0 Å². The van der Waals surface area contributed by atoms with Gasteiger partial charge in [-0.3, -0.25) is 0 Å². The maximum Gasteiger partial charge on any atom is 0.0237 e. The molecule has 28 heavy (non-hydrogen) atoms. The first kappa shape index (κ1) is 34.3. The van der Waals surface area contributed by atoms with Crippen molar-refractivity contribution < 1.29 is 29.7 Å². The Morgan fingerprint density at radius 2 is 0.714 bits per heavy atom. The molecule has 0 aromatic carbocycles. The molecule has 4 radical (unpaired) electrons. The van der Waals surface area contributed by atoms with Gasteiger partial charge in [0.2, 0.25) is 0 Å². The molecule has 3 unspecified atom stereocenters. The van der Waals surface area contributed by atoms with Crippen LogP contribution in [0.4, 0.5) is 0 Å². The third-order valence-electron chi connectivity index (χ3n) is 2.97. The maximum atomic E-state index is 9.94. The Morgan fingerprint density at radius 1 is 0.571 bits per heavy atom. The summed E-state index contributed by atoms with van der Waals surface area (Å²) in [6.45, 7) is 11.3. The Balaban J connectivity index is -0.000000152. The molecule has 3 N–H and O–H groups in total. The van der Waals surface area contributed by atoms with Gasteiger partial charge in [0.25, 0.3) is 0 Å². The average molecular weight is 460 g/mol. The van der Waals surface area contributed by atoms with E-state index in [0.29, 0.717) is 19.3 Å². The van der Waals surface area contributed by atoms with Crippen LogP contribution in [0.5, 0.6) is 0 Å². The van der Waals surface area contributed by atoms with E-state index >= 15 is 0 Å². The number of carbonyl (C=O) groups excluding carboxylic acids is 3. The number of nitrogens with one attached hydrogen (secondary N) is 3. The molecule has 0 amide bonds. The van der Waals surface area contributed by atoms with Crippen molar-refractivity contribution in [3.8, 4) is 0 Å². The van der Waals surface area contributed by atoms with Crippen LogP contribution in [-0.2, 0) is 14.4 Å². The van der Waals surface area contributed by atoms with Gasteiger partial charge < -0.3 is 46.9 Å². The van der Waals surface area contributed by atoms with Gasteiger partial charge in [-0.1, -0.05) is 78.9 Å². The van der Waals surface area contributed by atoms with Crippen LogP contribution in [0.1, 0.15) is 60.8 Å². The molecule has 0 aromatic heterocycles. The van der Waals surface area contributed by atoms with E-state index < -0.39 is 36.0 Å². The van der Waals surface area contributed by atoms with Crippen molar-refractivity contribution >= 4 is 35.5 Å². The second-order valence-electron chi connectivity index (χ2n) is 7.50. The first-order chi connectivity index (χ1) is 12.1. The fraction of sp³-hybridized carbons (Fsp3) is 0.833. The number of hydrogen-bond donors (Lipinski definition) is 0. The number of aliphatic carboxylic acids is 3. The summed E-state index contributed by atoms with van der Waals surface area (Å²) < 4.78 is 0. The van der Waals surface area contributed by atoms with Gasteiger partial charge in [0, 0.05) is 35.5 Å². The molecule has 0 rings (SSSR count). The Hall–Kier alpha value is -1.17. The van der Waals surface area contributed by atoms with Gasteiger partial charge in [-0.2, -0.15) is 0 Å². The van der Waals surface area contributed by atoms with Crippen molar-refractivity contribution in [2.24, 2.45) is 17.8 Å². The molecule has 166 valence electrons. The number of carboxylic acids is 3. The average Bonchev–Trinajstić information content (AvgIpc) is 2.46. The quantitative estimate of drug-likeness (QED) is 0.442. The molecule has 9 nitrogen and oxygen atoms in total. The summed E-state index contributed by atoms with van der Waals surface area (Å²) >= 11 is 0. The Morgan fingerprint density at radius 3 is 0.750 bits per heavy atom. The van der Waals surface area contributed by atoms with E-state index in [1.807, 2.05) is 41.5 Å². The van der Waals surface area contributed by atoms with Crippen LogP contribution in [0.15, 0.2) is 0 Å². The fourth-order valence-electron chi connectivity index (χ4n) is 1.70. The van der Waals surface area contributed by atoms with E-state index in [1.54, 1.807) is 0 Å². The van der Waals surface area contributed by atoms with Crippen molar-refractivity contribution in [2.45, 2.75) is 78.9 Å². The summed E-state index contributed by atoms with van der Waals surface area (Å²) in [6, 6.07) is -3.15. The number of hydrogen-bond acceptors (Lipinski definition) is 6. The van der Waals surface area contributed by atoms with Crippen LogP contribution in [-0.4, -0.2) is 53.6 Å². The molecule has 0 aliphatic heterocycles. The monoisotopic (exact) mass is 461 g/mol. The van der Waals surface area contributed by atoms with Crippen molar-refractivity contribution in [3.63, 3.8) is 0 Å². The molecule has 0 bridgehead atoms. The van der Waals surface area contributed by atoms with E-state index in [4.69, 9.17) is 17.2 Å². The van der Waals surface area contributed by atoms with E-state index in [-0.39, 0.29) is 35.4 Å². The standard InChI is InChI=1S/3C6H12NO2.Ge/c3*1-4(2)3-5(7)6(8)9;/h3*4-5,7H,3H2,1-2H3,(H,8,9);/q3*-1;/p-3. The van der Waals surface area contributed by atoms with Crippen LogP contribution >= 0.6 is 0 Å². The van der Waals surface area contributed by atoms with E-state index in [2.05, 4.69) is 0 Å². The van der Waals surface area contributed by atoms with Crippen molar-refractivity contribution in [1.82, 2.24) is 0 Å². The van der Waals surface area contributed by atoms with Crippen LogP contribution < -0.4 is 15.3 Å². The van der Waals surface area contributed by atoms with E-state index in [9.17, 15) is 29.7 Å². The number of rotatable bonds is 9. The minimum Gasteiger partial charge on any atom is -0.670 e. The summed E-state index contributed by atoms with van der Waals surface area (Å²) in [5, 5.41) is 29.8. The normalized spacial score (nSPS) is 13.3. The Labute approximate surface area is 179 Å². The van der Waals surface area contributed by atoms with Crippen LogP contribution in [0, 0.1) is 17.8 Å². The summed E-state index contributed by atoms with van der Waals surface area (Å²) in [6.07, 6.45) is 1.13. The van der Waals surface area contributed by atoms with Gasteiger partial charge in [0.15, 0.2) is 0 Å². The minimum absolute atomic E-state index is 0. The smallest absolute Gasteiger partial charge is 0.0237 e. The van der Waals surface area contributed by atoms with Gasteiger partial charge >= 0.3 is 0 Å². The van der Waals surface area contributed by atoms with E-state index in [1.165, 1.54) is 0 Å². The van der Waals surface area contributed by atoms with Crippen LogP contribution in [0.2, 0.25) is 0 Å². The first-order valence-electron chi connectivity index (χ1n) is 8.87. The van der Waals surface area contributed by atoms with Crippen LogP contribution in [0.25, 0.3) is 17.2 Å². The van der Waals surface area contributed by atoms with Crippen molar-refractivity contribution in [1.29, 1.82) is 0 Å². The topological polar surface area (TPSA) is 192 Å². The second kappa shape index (κ2) is 19.2. The molecule has 0 spiro atoms. The van der Waals surface area contributed by atoms with Gasteiger partial charge in [-0.05, 0) is 17.8 Å². The molecule has 0 fully saturated rings. The zero-order valence-corrected chi connectivity index (χ0v) is 19.6. The molecular weight excluding hydrogens is 427 g/mol. The molecule has 0 saturated carbocycles. The number of carboxylic acid groups (broad SMARTS) is 3. The zero-order valence-electron chi connectivity index (χ0n) is 17.5. The molecule has 0 aromatic rings.